The number of benzene rings is 1. The average molecular weight is 300 g/mol. The van der Waals surface area contributed by atoms with E-state index in [0.717, 1.165) is 11.3 Å². The number of aromatic hydroxyl groups is 1. The van der Waals surface area contributed by atoms with Crippen LogP contribution in [0.4, 0.5) is 0 Å². The van der Waals surface area contributed by atoms with Crippen LogP contribution in [-0.4, -0.2) is 29.0 Å². The minimum Gasteiger partial charge on any atom is -0.508 e. The van der Waals surface area contributed by atoms with Gasteiger partial charge in [-0.05, 0) is 48.7 Å². The lowest BCUT2D eigenvalue weighted by Gasteiger charge is -2.40. The zero-order valence-corrected chi connectivity index (χ0v) is 12.7. The van der Waals surface area contributed by atoms with E-state index < -0.39 is 0 Å². The Labute approximate surface area is 127 Å². The van der Waals surface area contributed by atoms with E-state index in [2.05, 4.69) is 34.6 Å². The molecule has 3 heterocycles. The maximum Gasteiger partial charge on any atom is 0.194 e. The fourth-order valence-electron chi connectivity index (χ4n) is 3.40. The summed E-state index contributed by atoms with van der Waals surface area (Å²) in [6, 6.07) is 9.90. The average Bonchev–Trinajstić information content (AvgIpc) is 3.09. The molecule has 1 aromatic heterocycles. The predicted molar refractivity (Wildman–Crippen MR) is 82.8 cm³/mol. The molecule has 0 amide bonds. The Morgan fingerprint density at radius 3 is 2.90 bits per heavy atom. The van der Waals surface area contributed by atoms with Crippen molar-refractivity contribution in [3.05, 3.63) is 51.7 Å². The topological polar surface area (TPSA) is 45.1 Å². The van der Waals surface area contributed by atoms with Gasteiger partial charge in [-0.2, -0.15) is 0 Å². The van der Waals surface area contributed by atoms with Crippen LogP contribution in [0.3, 0.4) is 0 Å². The fourth-order valence-corrected chi connectivity index (χ4v) is 4.29. The molecule has 2 aromatic rings. The Morgan fingerprint density at radius 2 is 2.14 bits per heavy atom. The van der Waals surface area contributed by atoms with Crippen LogP contribution < -0.4 is 0 Å². The van der Waals surface area contributed by atoms with Crippen molar-refractivity contribution in [1.29, 1.82) is 0 Å². The molecule has 0 aliphatic carbocycles. The van der Waals surface area contributed by atoms with E-state index in [0.29, 0.717) is 5.75 Å². The largest absolute Gasteiger partial charge is 0.508 e. The third-order valence-corrected chi connectivity index (χ3v) is 5.29. The molecule has 2 aliphatic heterocycles. The van der Waals surface area contributed by atoms with E-state index in [1.54, 1.807) is 17.4 Å². The summed E-state index contributed by atoms with van der Waals surface area (Å²) in [6.45, 7) is 2.00. The van der Waals surface area contributed by atoms with Crippen molar-refractivity contribution < 1.29 is 9.94 Å². The van der Waals surface area contributed by atoms with Crippen LogP contribution in [0.2, 0.25) is 0 Å². The number of hydrogen-bond acceptors (Lipinski definition) is 5. The maximum atomic E-state index is 9.92. The van der Waals surface area contributed by atoms with Crippen molar-refractivity contribution >= 4 is 17.0 Å². The van der Waals surface area contributed by atoms with Crippen molar-refractivity contribution in [3.8, 4) is 5.75 Å². The minimum atomic E-state index is -0.0749. The number of phenols is 1. The summed E-state index contributed by atoms with van der Waals surface area (Å²) in [5.74, 6) is 0.442. The predicted octanol–water partition coefficient (Wildman–Crippen LogP) is 3.30. The third-order valence-electron chi connectivity index (χ3n) is 4.36. The number of phenolic OH excluding ortho intramolecular Hbond substituents is 1. The lowest BCUT2D eigenvalue weighted by Crippen LogP contribution is -2.44. The molecule has 108 valence electrons. The summed E-state index contributed by atoms with van der Waals surface area (Å²) in [7, 11) is 2.06. The molecule has 0 bridgehead atoms. The number of likely N-dealkylation sites (N-methyl/N-ethyl adjacent to an activating group) is 1. The summed E-state index contributed by atoms with van der Waals surface area (Å²) in [6.07, 6.45) is -0.0749. The molecule has 4 rings (SSSR count). The molecule has 0 saturated heterocycles. The summed E-state index contributed by atoms with van der Waals surface area (Å²) in [5, 5.41) is 16.2. The van der Waals surface area contributed by atoms with Crippen molar-refractivity contribution in [2.24, 2.45) is 5.16 Å². The molecule has 0 radical (unpaired) electrons. The standard InChI is InChI=1S/C16H16N2O2S/c1-9-14-11-6-5-10(19)8-12(11)15(13-4-3-7-21-13)18(2)16(14)20-17-9/h3-8,14-16,19H,1-2H3/t14-,15+,16-/m1/s1. The Balaban J connectivity index is 1.93. The van der Waals surface area contributed by atoms with Gasteiger partial charge >= 0.3 is 0 Å². The van der Waals surface area contributed by atoms with E-state index in [9.17, 15) is 5.11 Å². The Kier molecular flexibility index (Phi) is 2.80. The highest BCUT2D eigenvalue weighted by molar-refractivity contribution is 7.10. The zero-order chi connectivity index (χ0) is 14.6. The quantitative estimate of drug-likeness (QED) is 0.879. The van der Waals surface area contributed by atoms with Gasteiger partial charge in [-0.25, -0.2) is 0 Å². The maximum absolute atomic E-state index is 9.92. The molecule has 0 spiro atoms. The van der Waals surface area contributed by atoms with Crippen molar-refractivity contribution in [2.45, 2.75) is 25.1 Å². The lowest BCUT2D eigenvalue weighted by molar-refractivity contribution is -0.0532. The fraction of sp³-hybridized carbons (Fsp3) is 0.312. The highest BCUT2D eigenvalue weighted by atomic mass is 32.1. The van der Waals surface area contributed by atoms with Crippen LogP contribution in [0.15, 0.2) is 40.9 Å². The number of rotatable bonds is 1. The van der Waals surface area contributed by atoms with E-state index >= 15 is 0 Å². The van der Waals surface area contributed by atoms with E-state index in [4.69, 9.17) is 4.84 Å². The van der Waals surface area contributed by atoms with Gasteiger partial charge in [-0.15, -0.1) is 11.3 Å². The first kappa shape index (κ1) is 12.9. The van der Waals surface area contributed by atoms with Gasteiger partial charge < -0.3 is 9.94 Å². The van der Waals surface area contributed by atoms with Gasteiger partial charge in [-0.3, -0.25) is 4.90 Å². The van der Waals surface area contributed by atoms with Crippen LogP contribution in [-0.2, 0) is 4.84 Å². The van der Waals surface area contributed by atoms with Gasteiger partial charge in [-0.1, -0.05) is 17.3 Å². The van der Waals surface area contributed by atoms with Crippen molar-refractivity contribution in [3.63, 3.8) is 0 Å². The van der Waals surface area contributed by atoms with Crippen LogP contribution in [0.1, 0.15) is 34.9 Å². The lowest BCUT2D eigenvalue weighted by atomic mass is 9.81. The molecule has 0 unspecified atom stereocenters. The highest BCUT2D eigenvalue weighted by Crippen LogP contribution is 2.47. The number of thiophene rings is 1. The second-order valence-corrected chi connectivity index (χ2v) is 6.58. The van der Waals surface area contributed by atoms with E-state index in [1.807, 2.05) is 19.1 Å². The Morgan fingerprint density at radius 1 is 1.29 bits per heavy atom. The summed E-state index contributed by atoms with van der Waals surface area (Å²) >= 11 is 1.72. The Hall–Kier alpha value is -1.85. The first-order valence-corrected chi connectivity index (χ1v) is 7.83. The van der Waals surface area contributed by atoms with Crippen molar-refractivity contribution in [2.75, 3.05) is 7.05 Å². The van der Waals surface area contributed by atoms with E-state index in [1.165, 1.54) is 10.4 Å². The minimum absolute atomic E-state index is 0.0749. The van der Waals surface area contributed by atoms with Crippen LogP contribution >= 0.6 is 11.3 Å². The van der Waals surface area contributed by atoms with Crippen LogP contribution in [0.25, 0.3) is 0 Å². The SMILES string of the molecule is CC1=NO[C@@H]2[C@H]1c1ccc(O)cc1[C@@H](c1cccs1)N2C. The highest BCUT2D eigenvalue weighted by Gasteiger charge is 2.45. The number of hydrogen-bond donors (Lipinski definition) is 1. The van der Waals surface area contributed by atoms with Gasteiger partial charge in [0.15, 0.2) is 6.23 Å². The van der Waals surface area contributed by atoms with Crippen LogP contribution in [0, 0.1) is 0 Å². The first-order chi connectivity index (χ1) is 10.2. The molecule has 1 aromatic carbocycles. The summed E-state index contributed by atoms with van der Waals surface area (Å²) in [5.41, 5.74) is 3.33. The molecule has 21 heavy (non-hydrogen) atoms. The molecule has 1 N–H and O–H groups in total. The molecule has 0 saturated carbocycles. The van der Waals surface area contributed by atoms with Gasteiger partial charge in [0.25, 0.3) is 0 Å². The monoisotopic (exact) mass is 300 g/mol. The van der Waals surface area contributed by atoms with Gasteiger partial charge in [0.2, 0.25) is 0 Å². The number of fused-ring (bicyclic) bond motifs is 3. The molecule has 3 atom stereocenters. The summed E-state index contributed by atoms with van der Waals surface area (Å²) in [4.78, 5) is 9.11. The number of nitrogens with zero attached hydrogens (tertiary/aromatic N) is 2. The third kappa shape index (κ3) is 1.81. The van der Waals surface area contributed by atoms with Gasteiger partial charge in [0, 0.05) is 4.88 Å². The van der Waals surface area contributed by atoms with Crippen molar-refractivity contribution in [1.82, 2.24) is 4.90 Å². The molecule has 5 heteroatoms. The molecular formula is C16H16N2O2S. The smallest absolute Gasteiger partial charge is 0.194 e. The zero-order valence-electron chi connectivity index (χ0n) is 11.9. The van der Waals surface area contributed by atoms with Gasteiger partial charge in [0.1, 0.15) is 5.75 Å². The summed E-state index contributed by atoms with van der Waals surface area (Å²) < 4.78 is 0. The number of oxime groups is 1. The van der Waals surface area contributed by atoms with Gasteiger partial charge in [0.05, 0.1) is 17.7 Å². The first-order valence-electron chi connectivity index (χ1n) is 6.95. The van der Waals surface area contributed by atoms with E-state index in [-0.39, 0.29) is 18.2 Å². The second kappa shape index (κ2) is 4.58. The molecule has 2 aliphatic rings. The molecular weight excluding hydrogens is 284 g/mol. The molecule has 0 fully saturated rings. The normalized spacial score (nSPS) is 27.7. The Bertz CT molecular complexity index is 711. The van der Waals surface area contributed by atoms with Crippen LogP contribution in [0.5, 0.6) is 5.75 Å². The second-order valence-electron chi connectivity index (χ2n) is 5.60. The molecule has 4 nitrogen and oxygen atoms in total.